The molecule has 0 aromatic rings. The summed E-state index contributed by atoms with van der Waals surface area (Å²) in [4.78, 5) is 12.1. The fourth-order valence-corrected chi connectivity index (χ4v) is 2.48. The molecule has 1 unspecified atom stereocenters. The molecule has 0 aromatic heterocycles. The summed E-state index contributed by atoms with van der Waals surface area (Å²) in [6.45, 7) is 7.81. The quantitative estimate of drug-likeness (QED) is 0.671. The van der Waals surface area contributed by atoms with Crippen molar-refractivity contribution >= 4 is 5.91 Å². The Morgan fingerprint density at radius 3 is 2.56 bits per heavy atom. The maximum Gasteiger partial charge on any atom is 0.224 e. The van der Waals surface area contributed by atoms with Gasteiger partial charge in [0.05, 0.1) is 12.1 Å². The Hall–Kier alpha value is -0.610. The summed E-state index contributed by atoms with van der Waals surface area (Å²) >= 11 is 0. The van der Waals surface area contributed by atoms with Crippen LogP contribution in [0, 0.1) is 11.8 Å². The predicted octanol–water partition coefficient (Wildman–Crippen LogP) is 1.29. The van der Waals surface area contributed by atoms with E-state index in [0.717, 1.165) is 32.2 Å². The van der Waals surface area contributed by atoms with Crippen LogP contribution in [0.2, 0.25) is 0 Å². The highest BCUT2D eigenvalue weighted by Gasteiger charge is 2.35. The molecule has 1 atom stereocenters. The van der Waals surface area contributed by atoms with Crippen LogP contribution in [0.15, 0.2) is 0 Å². The third-order valence-corrected chi connectivity index (χ3v) is 4.07. The van der Waals surface area contributed by atoms with Crippen LogP contribution in [-0.4, -0.2) is 36.2 Å². The van der Waals surface area contributed by atoms with Crippen LogP contribution in [0.25, 0.3) is 0 Å². The SMILES string of the molecule is CCNCC(C)C(=O)NC1(CO)CCC(C)CC1. The molecule has 0 radical (unpaired) electrons. The third kappa shape index (κ3) is 4.25. The van der Waals surface area contributed by atoms with Gasteiger partial charge in [-0.3, -0.25) is 4.79 Å². The predicted molar refractivity (Wildman–Crippen MR) is 73.3 cm³/mol. The second-order valence-corrected chi connectivity index (χ2v) is 5.82. The van der Waals surface area contributed by atoms with Gasteiger partial charge in [0.2, 0.25) is 5.91 Å². The van der Waals surface area contributed by atoms with E-state index in [1.165, 1.54) is 0 Å². The van der Waals surface area contributed by atoms with Crippen molar-refractivity contribution in [2.45, 2.75) is 52.0 Å². The zero-order valence-corrected chi connectivity index (χ0v) is 12.0. The second kappa shape index (κ2) is 7.10. The van der Waals surface area contributed by atoms with Crippen LogP contribution in [0.1, 0.15) is 46.5 Å². The standard InChI is InChI=1S/C14H28N2O2/c1-4-15-9-12(3)13(18)16-14(10-17)7-5-11(2)6-8-14/h11-12,15,17H,4-10H2,1-3H3,(H,16,18). The average molecular weight is 256 g/mol. The summed E-state index contributed by atoms with van der Waals surface area (Å²) in [5, 5.41) is 15.9. The maximum atomic E-state index is 12.1. The molecule has 4 nitrogen and oxygen atoms in total. The van der Waals surface area contributed by atoms with Gasteiger partial charge in [0, 0.05) is 12.5 Å². The normalized spacial score (nSPS) is 29.9. The Morgan fingerprint density at radius 1 is 1.44 bits per heavy atom. The fourth-order valence-electron chi connectivity index (χ4n) is 2.48. The van der Waals surface area contributed by atoms with Crippen LogP contribution >= 0.6 is 0 Å². The van der Waals surface area contributed by atoms with Gasteiger partial charge in [-0.2, -0.15) is 0 Å². The number of aliphatic hydroxyl groups excluding tert-OH is 1. The Bertz CT molecular complexity index is 261. The molecule has 0 saturated heterocycles. The number of rotatable bonds is 6. The van der Waals surface area contributed by atoms with E-state index in [1.54, 1.807) is 0 Å². The minimum Gasteiger partial charge on any atom is -0.394 e. The fraction of sp³-hybridized carbons (Fsp3) is 0.929. The van der Waals surface area contributed by atoms with Crippen LogP contribution < -0.4 is 10.6 Å². The molecule has 1 fully saturated rings. The molecule has 1 aliphatic carbocycles. The third-order valence-electron chi connectivity index (χ3n) is 4.07. The Balaban J connectivity index is 2.49. The molecule has 1 rings (SSSR count). The molecular weight excluding hydrogens is 228 g/mol. The summed E-state index contributed by atoms with van der Waals surface area (Å²) in [6.07, 6.45) is 3.96. The maximum absolute atomic E-state index is 12.1. The van der Waals surface area contributed by atoms with Crippen LogP contribution in [0.4, 0.5) is 0 Å². The highest BCUT2D eigenvalue weighted by molar-refractivity contribution is 5.79. The van der Waals surface area contributed by atoms with Gasteiger partial charge < -0.3 is 15.7 Å². The number of carbonyl (C=O) groups is 1. The summed E-state index contributed by atoms with van der Waals surface area (Å²) in [5.41, 5.74) is -0.371. The monoisotopic (exact) mass is 256 g/mol. The first-order valence-corrected chi connectivity index (χ1v) is 7.16. The van der Waals surface area contributed by atoms with E-state index >= 15 is 0 Å². The van der Waals surface area contributed by atoms with Crippen molar-refractivity contribution < 1.29 is 9.90 Å². The van der Waals surface area contributed by atoms with E-state index in [2.05, 4.69) is 17.6 Å². The van der Waals surface area contributed by atoms with Gasteiger partial charge in [-0.1, -0.05) is 20.8 Å². The van der Waals surface area contributed by atoms with Crippen molar-refractivity contribution in [1.82, 2.24) is 10.6 Å². The molecule has 4 heteroatoms. The molecule has 0 spiro atoms. The molecule has 106 valence electrons. The van der Waals surface area contributed by atoms with Crippen molar-refractivity contribution in [3.63, 3.8) is 0 Å². The van der Waals surface area contributed by atoms with E-state index in [4.69, 9.17) is 0 Å². The molecule has 1 saturated carbocycles. The zero-order valence-electron chi connectivity index (χ0n) is 12.0. The topological polar surface area (TPSA) is 61.4 Å². The van der Waals surface area contributed by atoms with Gasteiger partial charge in [0.1, 0.15) is 0 Å². The van der Waals surface area contributed by atoms with Gasteiger partial charge in [-0.15, -0.1) is 0 Å². The van der Waals surface area contributed by atoms with E-state index in [9.17, 15) is 9.90 Å². The van der Waals surface area contributed by atoms with E-state index < -0.39 is 0 Å². The number of hydrogen-bond donors (Lipinski definition) is 3. The van der Waals surface area contributed by atoms with E-state index in [0.29, 0.717) is 12.5 Å². The van der Waals surface area contributed by atoms with Gasteiger partial charge in [0.15, 0.2) is 0 Å². The molecule has 0 heterocycles. The lowest BCUT2D eigenvalue weighted by Crippen LogP contribution is -2.55. The first-order chi connectivity index (χ1) is 8.53. The van der Waals surface area contributed by atoms with Crippen molar-refractivity contribution in [2.75, 3.05) is 19.7 Å². The lowest BCUT2D eigenvalue weighted by atomic mass is 9.77. The van der Waals surface area contributed by atoms with Crippen molar-refractivity contribution in [2.24, 2.45) is 11.8 Å². The first-order valence-electron chi connectivity index (χ1n) is 7.16. The van der Waals surface area contributed by atoms with Crippen LogP contribution in [0.3, 0.4) is 0 Å². The van der Waals surface area contributed by atoms with Gasteiger partial charge in [-0.25, -0.2) is 0 Å². The number of carbonyl (C=O) groups excluding carboxylic acids is 1. The summed E-state index contributed by atoms with van der Waals surface area (Å²) in [5.74, 6) is 0.716. The minimum atomic E-state index is -0.371. The summed E-state index contributed by atoms with van der Waals surface area (Å²) in [6, 6.07) is 0. The number of hydrogen-bond acceptors (Lipinski definition) is 3. The Labute approximate surface area is 111 Å². The lowest BCUT2D eigenvalue weighted by Gasteiger charge is -2.39. The van der Waals surface area contributed by atoms with E-state index in [1.807, 2.05) is 13.8 Å². The number of amides is 1. The van der Waals surface area contributed by atoms with Crippen molar-refractivity contribution in [1.29, 1.82) is 0 Å². The smallest absolute Gasteiger partial charge is 0.224 e. The molecule has 1 amide bonds. The Kier molecular flexibility index (Phi) is 6.09. The van der Waals surface area contributed by atoms with Crippen LogP contribution in [0.5, 0.6) is 0 Å². The molecule has 0 bridgehead atoms. The van der Waals surface area contributed by atoms with Gasteiger partial charge >= 0.3 is 0 Å². The van der Waals surface area contributed by atoms with Crippen molar-refractivity contribution in [3.05, 3.63) is 0 Å². The van der Waals surface area contributed by atoms with Crippen LogP contribution in [-0.2, 0) is 4.79 Å². The number of aliphatic hydroxyl groups is 1. The zero-order chi connectivity index (χ0) is 13.6. The van der Waals surface area contributed by atoms with E-state index in [-0.39, 0.29) is 24.0 Å². The highest BCUT2D eigenvalue weighted by atomic mass is 16.3. The van der Waals surface area contributed by atoms with Gasteiger partial charge in [-0.05, 0) is 38.1 Å². The minimum absolute atomic E-state index is 0.0484. The number of nitrogens with one attached hydrogen (secondary N) is 2. The van der Waals surface area contributed by atoms with Gasteiger partial charge in [0.25, 0.3) is 0 Å². The molecule has 0 aromatic carbocycles. The highest BCUT2D eigenvalue weighted by Crippen LogP contribution is 2.31. The molecule has 3 N–H and O–H groups in total. The molecule has 1 aliphatic rings. The summed E-state index contributed by atoms with van der Waals surface area (Å²) in [7, 11) is 0. The largest absolute Gasteiger partial charge is 0.394 e. The lowest BCUT2D eigenvalue weighted by molar-refractivity contribution is -0.127. The second-order valence-electron chi connectivity index (χ2n) is 5.82. The summed E-state index contributed by atoms with van der Waals surface area (Å²) < 4.78 is 0. The molecular formula is C14H28N2O2. The average Bonchev–Trinajstić information content (AvgIpc) is 2.38. The molecule has 18 heavy (non-hydrogen) atoms. The molecule has 0 aliphatic heterocycles. The Morgan fingerprint density at radius 2 is 2.06 bits per heavy atom. The van der Waals surface area contributed by atoms with Crippen molar-refractivity contribution in [3.8, 4) is 0 Å². The first kappa shape index (κ1) is 15.4.